The predicted molar refractivity (Wildman–Crippen MR) is 169 cm³/mol. The minimum Gasteiger partial charge on any atom is -0.507 e. The number of amides is 1. The molecule has 0 spiro atoms. The summed E-state index contributed by atoms with van der Waals surface area (Å²) in [6.45, 7) is 8.07. The lowest BCUT2D eigenvalue weighted by molar-refractivity contribution is -0.117. The lowest BCUT2D eigenvalue weighted by atomic mass is 10.0. The highest BCUT2D eigenvalue weighted by Gasteiger charge is 2.30. The molecule has 0 aromatic heterocycles. The normalized spacial score (nSPS) is 11.9. The Bertz CT molecular complexity index is 1150. The maximum absolute atomic E-state index is 14.5. The first-order valence-corrected chi connectivity index (χ1v) is 15.9. The number of carbonyl (C=O) groups excluding carboxylic acids is 1. The van der Waals surface area contributed by atoms with Crippen LogP contribution in [0.3, 0.4) is 0 Å². The molecule has 3 nitrogen and oxygen atoms in total. The Kier molecular flexibility index (Phi) is 13.0. The molecule has 0 heterocycles. The van der Waals surface area contributed by atoms with Crippen molar-refractivity contribution in [1.29, 1.82) is 0 Å². The van der Waals surface area contributed by atoms with Crippen LogP contribution in [-0.2, 0) is 4.79 Å². The van der Waals surface area contributed by atoms with Crippen molar-refractivity contribution in [1.82, 2.24) is 0 Å². The highest BCUT2D eigenvalue weighted by molar-refractivity contribution is 8.00. The molecule has 39 heavy (non-hydrogen) atoms. The van der Waals surface area contributed by atoms with E-state index in [-0.39, 0.29) is 11.2 Å². The van der Waals surface area contributed by atoms with Crippen LogP contribution in [0.25, 0.3) is 0 Å². The van der Waals surface area contributed by atoms with Crippen LogP contribution in [0, 0.1) is 20.8 Å². The molecule has 0 saturated heterocycles. The van der Waals surface area contributed by atoms with E-state index in [1.807, 2.05) is 80.3 Å². The van der Waals surface area contributed by atoms with Gasteiger partial charge in [-0.2, -0.15) is 0 Å². The predicted octanol–water partition coefficient (Wildman–Crippen LogP) is 10.4. The first-order valence-electron chi connectivity index (χ1n) is 14.8. The van der Waals surface area contributed by atoms with Gasteiger partial charge in [-0.3, -0.25) is 9.69 Å². The molecular formula is C35H47NO2S. The van der Waals surface area contributed by atoms with Gasteiger partial charge in [0.1, 0.15) is 11.0 Å². The number of hydrogen-bond donors (Lipinski definition) is 1. The molecule has 1 N–H and O–H groups in total. The van der Waals surface area contributed by atoms with Crippen molar-refractivity contribution in [3.63, 3.8) is 0 Å². The number of phenolic OH excluding ortho intramolecular Hbond substituents is 1. The van der Waals surface area contributed by atoms with E-state index in [1.165, 1.54) is 57.8 Å². The van der Waals surface area contributed by atoms with E-state index in [1.54, 1.807) is 11.8 Å². The molecule has 0 radical (unpaired) electrons. The van der Waals surface area contributed by atoms with Gasteiger partial charge in [-0.15, -0.1) is 11.8 Å². The average molecular weight is 546 g/mol. The number of unbranched alkanes of at least 4 members (excludes halogenated alkanes) is 9. The molecule has 0 aliphatic carbocycles. The van der Waals surface area contributed by atoms with Crippen molar-refractivity contribution in [2.75, 3.05) is 10.7 Å². The van der Waals surface area contributed by atoms with Gasteiger partial charge in [0.25, 0.3) is 0 Å². The van der Waals surface area contributed by atoms with E-state index in [9.17, 15) is 9.90 Å². The van der Waals surface area contributed by atoms with Gasteiger partial charge in [0.05, 0.1) is 5.69 Å². The van der Waals surface area contributed by atoms with E-state index >= 15 is 0 Å². The van der Waals surface area contributed by atoms with Crippen LogP contribution in [-0.4, -0.2) is 16.8 Å². The number of rotatable bonds is 16. The largest absolute Gasteiger partial charge is 0.507 e. The van der Waals surface area contributed by atoms with Crippen molar-refractivity contribution >= 4 is 29.0 Å². The molecule has 1 amide bonds. The number of hydrogen-bond acceptors (Lipinski definition) is 3. The second kappa shape index (κ2) is 16.4. The standard InChI is InChI=1S/C35H47NO2S/c1-5-6-7-8-9-10-11-12-13-20-25-39-34(30-21-16-14-17-22-30)35(38)36(31-23-18-15-19-24-31)32-26-27(2)33(37)29(4)28(32)3/h14-19,21-24,26,34,37H,5-13,20,25H2,1-4H3. The third kappa shape index (κ3) is 8.89. The Morgan fingerprint density at radius 1 is 0.769 bits per heavy atom. The van der Waals surface area contributed by atoms with Crippen LogP contribution in [0.2, 0.25) is 0 Å². The zero-order valence-electron chi connectivity index (χ0n) is 24.4. The summed E-state index contributed by atoms with van der Waals surface area (Å²) in [6, 6.07) is 22.0. The van der Waals surface area contributed by atoms with Crippen LogP contribution < -0.4 is 4.90 Å². The average Bonchev–Trinajstić information content (AvgIpc) is 2.96. The summed E-state index contributed by atoms with van der Waals surface area (Å²) in [4.78, 5) is 16.3. The molecule has 0 fully saturated rings. The zero-order valence-corrected chi connectivity index (χ0v) is 25.2. The van der Waals surface area contributed by atoms with Crippen molar-refractivity contribution in [2.45, 2.75) is 97.2 Å². The molecule has 0 bridgehead atoms. The number of thioether (sulfide) groups is 1. The first kappa shape index (κ1) is 30.8. The summed E-state index contributed by atoms with van der Waals surface area (Å²) >= 11 is 1.75. The molecule has 0 aliphatic rings. The highest BCUT2D eigenvalue weighted by atomic mass is 32.2. The second-order valence-corrected chi connectivity index (χ2v) is 11.9. The molecular weight excluding hydrogens is 498 g/mol. The zero-order chi connectivity index (χ0) is 28.0. The van der Waals surface area contributed by atoms with E-state index in [2.05, 4.69) is 19.1 Å². The minimum absolute atomic E-state index is 0.0528. The smallest absolute Gasteiger partial charge is 0.249 e. The van der Waals surface area contributed by atoms with Crippen LogP contribution in [0.15, 0.2) is 66.7 Å². The van der Waals surface area contributed by atoms with Crippen molar-refractivity contribution in [2.24, 2.45) is 0 Å². The Labute approximate surface area is 241 Å². The summed E-state index contributed by atoms with van der Waals surface area (Å²) in [5.74, 6) is 1.31. The second-order valence-electron chi connectivity index (χ2n) is 10.7. The number of aromatic hydroxyl groups is 1. The van der Waals surface area contributed by atoms with Crippen LogP contribution in [0.1, 0.15) is 98.6 Å². The number of para-hydroxylation sites is 1. The van der Waals surface area contributed by atoms with E-state index in [0.29, 0.717) is 5.75 Å². The fourth-order valence-electron chi connectivity index (χ4n) is 5.09. The lowest BCUT2D eigenvalue weighted by Crippen LogP contribution is -2.31. The maximum Gasteiger partial charge on any atom is 0.249 e. The number of carbonyl (C=O) groups is 1. The van der Waals surface area contributed by atoms with Crippen LogP contribution in [0.5, 0.6) is 5.75 Å². The molecule has 3 rings (SSSR count). The SMILES string of the molecule is CCCCCCCCCCCCSC(C(=O)N(c1ccccc1)c1cc(C)c(O)c(C)c1C)c1ccccc1. The van der Waals surface area contributed by atoms with Gasteiger partial charge in [-0.1, -0.05) is 113 Å². The van der Waals surface area contributed by atoms with Gasteiger partial charge in [0.2, 0.25) is 5.91 Å². The minimum atomic E-state index is -0.307. The van der Waals surface area contributed by atoms with E-state index < -0.39 is 0 Å². The van der Waals surface area contributed by atoms with Crippen molar-refractivity contribution in [3.8, 4) is 5.75 Å². The Morgan fingerprint density at radius 2 is 1.31 bits per heavy atom. The van der Waals surface area contributed by atoms with E-state index in [0.717, 1.165) is 45.8 Å². The topological polar surface area (TPSA) is 40.5 Å². The number of benzene rings is 3. The molecule has 3 aromatic carbocycles. The van der Waals surface area contributed by atoms with Gasteiger partial charge in [0.15, 0.2) is 0 Å². The third-order valence-electron chi connectivity index (χ3n) is 7.61. The molecule has 0 saturated carbocycles. The number of aryl methyl sites for hydroxylation is 1. The van der Waals surface area contributed by atoms with Crippen LogP contribution in [0.4, 0.5) is 11.4 Å². The molecule has 4 heteroatoms. The van der Waals surface area contributed by atoms with E-state index in [4.69, 9.17) is 0 Å². The first-order chi connectivity index (χ1) is 19.0. The fourth-order valence-corrected chi connectivity index (χ4v) is 6.29. The molecule has 210 valence electrons. The van der Waals surface area contributed by atoms with Crippen LogP contribution >= 0.6 is 11.8 Å². The van der Waals surface area contributed by atoms with Gasteiger partial charge >= 0.3 is 0 Å². The summed E-state index contributed by atoms with van der Waals surface area (Å²) in [6.07, 6.45) is 13.1. The molecule has 0 aliphatic heterocycles. The number of nitrogens with zero attached hydrogens (tertiary/aromatic N) is 1. The summed E-state index contributed by atoms with van der Waals surface area (Å²) < 4.78 is 0. The van der Waals surface area contributed by atoms with Crippen molar-refractivity contribution < 1.29 is 9.90 Å². The summed E-state index contributed by atoms with van der Waals surface area (Å²) in [5, 5.41) is 10.2. The van der Waals surface area contributed by atoms with Gasteiger partial charge < -0.3 is 5.11 Å². The molecule has 1 unspecified atom stereocenters. The summed E-state index contributed by atoms with van der Waals surface area (Å²) in [7, 11) is 0. The molecule has 3 aromatic rings. The highest BCUT2D eigenvalue weighted by Crippen LogP contribution is 2.40. The number of anilines is 2. The Hall–Kier alpha value is -2.72. The lowest BCUT2D eigenvalue weighted by Gasteiger charge is -2.30. The van der Waals surface area contributed by atoms with Gasteiger partial charge in [0, 0.05) is 5.69 Å². The van der Waals surface area contributed by atoms with Gasteiger partial charge in [-0.05, 0) is 73.4 Å². The monoisotopic (exact) mass is 545 g/mol. The van der Waals surface area contributed by atoms with Crippen molar-refractivity contribution in [3.05, 3.63) is 89.0 Å². The quantitative estimate of drug-likeness (QED) is 0.182. The molecule has 1 atom stereocenters. The third-order valence-corrected chi connectivity index (χ3v) is 8.94. The fraction of sp³-hybridized carbons (Fsp3) is 0.457. The Balaban J connectivity index is 1.75. The van der Waals surface area contributed by atoms with Gasteiger partial charge in [-0.25, -0.2) is 0 Å². The number of phenols is 1. The Morgan fingerprint density at radius 3 is 1.90 bits per heavy atom. The maximum atomic E-state index is 14.5. The summed E-state index contributed by atoms with van der Waals surface area (Å²) in [5.41, 5.74) is 5.21.